The summed E-state index contributed by atoms with van der Waals surface area (Å²) in [6.07, 6.45) is 12.0. The second kappa shape index (κ2) is 9.60. The molecule has 0 unspecified atom stereocenters. The predicted molar refractivity (Wildman–Crippen MR) is 125 cm³/mol. The topological polar surface area (TPSA) is 93.7 Å². The summed E-state index contributed by atoms with van der Waals surface area (Å²) < 4.78 is 7.33. The summed E-state index contributed by atoms with van der Waals surface area (Å²) in [5.41, 5.74) is 0.0526. The Morgan fingerprint density at radius 2 is 1.76 bits per heavy atom. The molecule has 4 rings (SSSR count). The molecular weight excluding hydrogens is 422 g/mol. The molecule has 184 valence electrons. The third-order valence-corrected chi connectivity index (χ3v) is 7.89. The van der Waals surface area contributed by atoms with Gasteiger partial charge in [-0.1, -0.05) is 0 Å². The lowest BCUT2D eigenvalue weighted by Crippen LogP contribution is -2.47. The molecule has 3 fully saturated rings. The van der Waals surface area contributed by atoms with E-state index in [0.29, 0.717) is 5.41 Å². The van der Waals surface area contributed by atoms with Crippen molar-refractivity contribution in [1.82, 2.24) is 19.6 Å². The third kappa shape index (κ3) is 6.05. The fraction of sp³-hybridized carbons (Fsp3) is 0.833. The summed E-state index contributed by atoms with van der Waals surface area (Å²) in [6.45, 7) is 10.6. The molecule has 3 heterocycles. The Hall–Kier alpha value is -2.16. The highest BCUT2D eigenvalue weighted by Crippen LogP contribution is 2.46. The fourth-order valence-corrected chi connectivity index (χ4v) is 5.82. The molecule has 0 atom stereocenters. The molecule has 0 bridgehead atoms. The standard InChI is InChI=1S/C24H39N5O4/c1-23(2,3)33-22(30)27-14-10-24(11-15-27)8-4-19(5-9-24)17-26-12-6-20(7-13-26)28-18-21(16-25-28)29(31)32/h16,18-20H,4-15,17H2,1-3H3. The number of hydrogen-bond donors (Lipinski definition) is 0. The van der Waals surface area contributed by atoms with Gasteiger partial charge in [-0.3, -0.25) is 14.8 Å². The zero-order valence-electron chi connectivity index (χ0n) is 20.4. The zero-order valence-corrected chi connectivity index (χ0v) is 20.4. The smallest absolute Gasteiger partial charge is 0.410 e. The van der Waals surface area contributed by atoms with Crippen LogP contribution in [0.1, 0.15) is 78.2 Å². The van der Waals surface area contributed by atoms with Crippen LogP contribution in [0.3, 0.4) is 0 Å². The lowest BCUT2D eigenvalue weighted by molar-refractivity contribution is -0.385. The number of nitrogens with zero attached hydrogens (tertiary/aromatic N) is 5. The van der Waals surface area contributed by atoms with E-state index in [1.807, 2.05) is 25.7 Å². The van der Waals surface area contributed by atoms with Crippen molar-refractivity contribution in [2.75, 3.05) is 32.7 Å². The van der Waals surface area contributed by atoms with Crippen LogP contribution in [0.25, 0.3) is 0 Å². The maximum atomic E-state index is 12.4. The van der Waals surface area contributed by atoms with Crippen molar-refractivity contribution in [3.63, 3.8) is 0 Å². The van der Waals surface area contributed by atoms with Gasteiger partial charge in [-0.15, -0.1) is 0 Å². The van der Waals surface area contributed by atoms with Crippen LogP contribution in [0.5, 0.6) is 0 Å². The number of likely N-dealkylation sites (tertiary alicyclic amines) is 2. The molecule has 9 nitrogen and oxygen atoms in total. The van der Waals surface area contributed by atoms with Gasteiger partial charge in [-0.2, -0.15) is 5.10 Å². The molecule has 9 heteroatoms. The van der Waals surface area contributed by atoms with Crippen LogP contribution in [0.4, 0.5) is 10.5 Å². The second-order valence-corrected chi connectivity index (χ2v) is 11.4. The number of aromatic nitrogens is 2. The summed E-state index contributed by atoms with van der Waals surface area (Å²) in [5.74, 6) is 0.752. The van der Waals surface area contributed by atoms with Crippen LogP contribution in [0.15, 0.2) is 12.4 Å². The van der Waals surface area contributed by atoms with Crippen LogP contribution < -0.4 is 0 Å². The Labute approximate surface area is 196 Å². The quantitative estimate of drug-likeness (QED) is 0.479. The van der Waals surface area contributed by atoms with E-state index < -0.39 is 5.60 Å². The van der Waals surface area contributed by atoms with Crippen LogP contribution in [0, 0.1) is 21.4 Å². The van der Waals surface area contributed by atoms with Gasteiger partial charge < -0.3 is 14.5 Å². The van der Waals surface area contributed by atoms with Crippen LogP contribution in [-0.2, 0) is 4.74 Å². The highest BCUT2D eigenvalue weighted by Gasteiger charge is 2.40. The monoisotopic (exact) mass is 461 g/mol. The Morgan fingerprint density at radius 1 is 1.12 bits per heavy atom. The highest BCUT2D eigenvalue weighted by atomic mass is 16.6. The Balaban J connectivity index is 1.17. The van der Waals surface area contributed by atoms with Crippen molar-refractivity contribution in [3.8, 4) is 0 Å². The Bertz CT molecular complexity index is 822. The van der Waals surface area contributed by atoms with Gasteiger partial charge in [-0.05, 0) is 83.5 Å². The minimum absolute atomic E-state index is 0.0745. The fourth-order valence-electron chi connectivity index (χ4n) is 5.82. The Kier molecular flexibility index (Phi) is 6.98. The van der Waals surface area contributed by atoms with Crippen molar-refractivity contribution in [3.05, 3.63) is 22.5 Å². The van der Waals surface area contributed by atoms with Gasteiger partial charge in [0.25, 0.3) is 0 Å². The van der Waals surface area contributed by atoms with E-state index in [9.17, 15) is 14.9 Å². The van der Waals surface area contributed by atoms with Crippen molar-refractivity contribution < 1.29 is 14.5 Å². The second-order valence-electron chi connectivity index (χ2n) is 11.4. The van der Waals surface area contributed by atoms with Gasteiger partial charge in [0.1, 0.15) is 18.0 Å². The van der Waals surface area contributed by atoms with Gasteiger partial charge >= 0.3 is 11.8 Å². The van der Waals surface area contributed by atoms with E-state index in [4.69, 9.17) is 4.74 Å². The number of carbonyl (C=O) groups is 1. The molecule has 0 aromatic carbocycles. The maximum Gasteiger partial charge on any atom is 0.410 e. The maximum absolute atomic E-state index is 12.4. The van der Waals surface area contributed by atoms with Gasteiger partial charge in [0.15, 0.2) is 0 Å². The summed E-state index contributed by atoms with van der Waals surface area (Å²) in [6, 6.07) is 0.264. The number of rotatable bonds is 4. The van der Waals surface area contributed by atoms with E-state index in [2.05, 4.69) is 10.00 Å². The first kappa shape index (κ1) is 24.0. The van der Waals surface area contributed by atoms with Crippen molar-refractivity contribution in [2.24, 2.45) is 11.3 Å². The van der Waals surface area contributed by atoms with E-state index in [1.165, 1.54) is 31.9 Å². The van der Waals surface area contributed by atoms with Crippen molar-refractivity contribution in [1.29, 1.82) is 0 Å². The number of carbonyl (C=O) groups excluding carboxylic acids is 1. The third-order valence-electron chi connectivity index (χ3n) is 7.89. The minimum Gasteiger partial charge on any atom is -0.444 e. The first-order valence-electron chi connectivity index (χ1n) is 12.5. The lowest BCUT2D eigenvalue weighted by atomic mass is 9.65. The molecule has 1 saturated carbocycles. The summed E-state index contributed by atoms with van der Waals surface area (Å²) in [7, 11) is 0. The number of amides is 1. The molecule has 1 aromatic heterocycles. The molecule has 1 aromatic rings. The first-order chi connectivity index (χ1) is 15.6. The van der Waals surface area contributed by atoms with E-state index in [-0.39, 0.29) is 22.7 Å². The molecule has 2 saturated heterocycles. The summed E-state index contributed by atoms with van der Waals surface area (Å²) in [5, 5.41) is 15.1. The SMILES string of the molecule is CC(C)(C)OC(=O)N1CCC2(CCC(CN3CCC(n4cc([N+](=O)[O-])cn4)CC3)CC2)CC1. The van der Waals surface area contributed by atoms with E-state index in [0.717, 1.165) is 64.3 Å². The van der Waals surface area contributed by atoms with Gasteiger partial charge in [0, 0.05) is 32.7 Å². The van der Waals surface area contributed by atoms with Crippen LogP contribution >= 0.6 is 0 Å². The highest BCUT2D eigenvalue weighted by molar-refractivity contribution is 5.68. The average molecular weight is 462 g/mol. The number of hydrogen-bond acceptors (Lipinski definition) is 6. The van der Waals surface area contributed by atoms with Gasteiger partial charge in [0.2, 0.25) is 0 Å². The predicted octanol–water partition coefficient (Wildman–Crippen LogP) is 4.64. The molecule has 0 N–H and O–H groups in total. The van der Waals surface area contributed by atoms with Crippen molar-refractivity contribution >= 4 is 11.8 Å². The molecule has 1 aliphatic carbocycles. The average Bonchev–Trinajstić information content (AvgIpc) is 3.26. The molecule has 33 heavy (non-hydrogen) atoms. The number of ether oxygens (including phenoxy) is 1. The molecule has 2 aliphatic heterocycles. The van der Waals surface area contributed by atoms with E-state index in [1.54, 1.807) is 10.9 Å². The molecule has 3 aliphatic rings. The number of piperidine rings is 2. The lowest BCUT2D eigenvalue weighted by Gasteiger charge is -2.46. The minimum atomic E-state index is -0.435. The molecule has 1 amide bonds. The van der Waals surface area contributed by atoms with Crippen LogP contribution in [0.2, 0.25) is 0 Å². The Morgan fingerprint density at radius 3 is 2.30 bits per heavy atom. The molecule has 0 radical (unpaired) electrons. The first-order valence-corrected chi connectivity index (χ1v) is 12.5. The molecule has 1 spiro atoms. The largest absolute Gasteiger partial charge is 0.444 e. The number of nitro groups is 1. The van der Waals surface area contributed by atoms with E-state index >= 15 is 0 Å². The van der Waals surface area contributed by atoms with Gasteiger partial charge in [0.05, 0.1) is 11.0 Å². The normalized spacial score (nSPS) is 23.1. The summed E-state index contributed by atoms with van der Waals surface area (Å²) >= 11 is 0. The molecular formula is C24H39N5O4. The zero-order chi connectivity index (χ0) is 23.6. The summed E-state index contributed by atoms with van der Waals surface area (Å²) in [4.78, 5) is 27.3. The van der Waals surface area contributed by atoms with Crippen LogP contribution in [-0.4, -0.2) is 68.9 Å². The van der Waals surface area contributed by atoms with Gasteiger partial charge in [-0.25, -0.2) is 4.79 Å². The van der Waals surface area contributed by atoms with Crippen molar-refractivity contribution in [2.45, 2.75) is 83.8 Å².